The van der Waals surface area contributed by atoms with Gasteiger partial charge in [0.05, 0.1) is 5.56 Å². The van der Waals surface area contributed by atoms with E-state index < -0.39 is 11.7 Å². The average molecular weight is 250 g/mol. The number of halogens is 4. The van der Waals surface area contributed by atoms with Crippen LogP contribution >= 0.6 is 11.6 Å². The van der Waals surface area contributed by atoms with Crippen molar-refractivity contribution in [2.75, 3.05) is 0 Å². The van der Waals surface area contributed by atoms with Gasteiger partial charge in [-0.25, -0.2) is 4.98 Å². The van der Waals surface area contributed by atoms with Gasteiger partial charge >= 0.3 is 6.18 Å². The quantitative estimate of drug-likeness (QED) is 0.500. The monoisotopic (exact) mass is 249 g/mol. The number of hydrogen-bond acceptors (Lipinski definition) is 1. The van der Waals surface area contributed by atoms with Gasteiger partial charge in [0.15, 0.2) is 0 Å². The first kappa shape index (κ1) is 11.7. The zero-order chi connectivity index (χ0) is 11.8. The van der Waals surface area contributed by atoms with Crippen LogP contribution in [0.3, 0.4) is 0 Å². The maximum absolute atomic E-state index is 12.8. The van der Waals surface area contributed by atoms with E-state index in [1.807, 2.05) is 0 Å². The van der Waals surface area contributed by atoms with Gasteiger partial charge in [0.1, 0.15) is 5.15 Å². The number of rotatable bonds is 0. The van der Waals surface area contributed by atoms with Crippen LogP contribution in [0.1, 0.15) is 36.1 Å². The molecule has 88 valence electrons. The van der Waals surface area contributed by atoms with Gasteiger partial charge in [0, 0.05) is 5.69 Å². The Hall–Kier alpha value is -0.770. The number of pyridine rings is 1. The fourth-order valence-corrected chi connectivity index (χ4v) is 2.31. The molecule has 0 bridgehead atoms. The molecule has 1 aromatic rings. The minimum absolute atomic E-state index is 0.0621. The van der Waals surface area contributed by atoms with Gasteiger partial charge in [0.2, 0.25) is 0 Å². The highest BCUT2D eigenvalue weighted by molar-refractivity contribution is 6.29. The molecule has 0 spiro atoms. The van der Waals surface area contributed by atoms with E-state index in [0.29, 0.717) is 24.1 Å². The largest absolute Gasteiger partial charge is 0.416 e. The first-order valence-corrected chi connectivity index (χ1v) is 5.62. The molecule has 0 radical (unpaired) electrons. The second-order valence-electron chi connectivity index (χ2n) is 3.98. The molecular formula is C11H11ClF3N. The van der Waals surface area contributed by atoms with Gasteiger partial charge in [-0.05, 0) is 37.3 Å². The summed E-state index contributed by atoms with van der Waals surface area (Å²) in [6.45, 7) is 0. The normalized spacial score (nSPS) is 16.8. The van der Waals surface area contributed by atoms with Crippen LogP contribution in [-0.2, 0) is 19.0 Å². The maximum atomic E-state index is 12.8. The van der Waals surface area contributed by atoms with Crippen molar-refractivity contribution < 1.29 is 13.2 Å². The third kappa shape index (κ3) is 2.32. The van der Waals surface area contributed by atoms with Crippen molar-refractivity contribution in [3.63, 3.8) is 0 Å². The third-order valence-corrected chi connectivity index (χ3v) is 3.02. The van der Waals surface area contributed by atoms with Gasteiger partial charge in [-0.15, -0.1) is 0 Å². The topological polar surface area (TPSA) is 12.9 Å². The Morgan fingerprint density at radius 3 is 2.50 bits per heavy atom. The van der Waals surface area contributed by atoms with Crippen molar-refractivity contribution in [3.8, 4) is 0 Å². The van der Waals surface area contributed by atoms with Gasteiger partial charge in [-0.3, -0.25) is 0 Å². The summed E-state index contributed by atoms with van der Waals surface area (Å²) in [4.78, 5) is 4.01. The molecule has 2 rings (SSSR count). The van der Waals surface area contributed by atoms with E-state index in [2.05, 4.69) is 4.98 Å². The van der Waals surface area contributed by atoms with Crippen molar-refractivity contribution in [2.24, 2.45) is 0 Å². The molecule has 0 aromatic carbocycles. The van der Waals surface area contributed by atoms with E-state index in [-0.39, 0.29) is 5.15 Å². The van der Waals surface area contributed by atoms with Crippen LogP contribution in [0, 0.1) is 0 Å². The molecule has 5 heteroatoms. The predicted molar refractivity (Wildman–Crippen MR) is 55.5 cm³/mol. The molecule has 1 aliphatic carbocycles. The molecule has 0 unspecified atom stereocenters. The van der Waals surface area contributed by atoms with E-state index in [0.717, 1.165) is 25.3 Å². The SMILES string of the molecule is FC(F)(F)c1cc(Cl)nc2c1CCCCC2. The number of fused-ring (bicyclic) bond motifs is 1. The Kier molecular flexibility index (Phi) is 3.10. The lowest BCUT2D eigenvalue weighted by atomic mass is 10.0. The number of nitrogens with zero attached hydrogens (tertiary/aromatic N) is 1. The minimum Gasteiger partial charge on any atom is -0.241 e. The lowest BCUT2D eigenvalue weighted by molar-refractivity contribution is -0.138. The highest BCUT2D eigenvalue weighted by atomic mass is 35.5. The lowest BCUT2D eigenvalue weighted by Crippen LogP contribution is -2.12. The predicted octanol–water partition coefficient (Wildman–Crippen LogP) is 4.02. The first-order chi connectivity index (χ1) is 7.48. The number of alkyl halides is 3. The standard InChI is InChI=1S/C11H11ClF3N/c12-10-6-8(11(13,14)15)7-4-2-1-3-5-9(7)16-10/h6H,1-5H2. The van der Waals surface area contributed by atoms with E-state index in [1.54, 1.807) is 0 Å². The average Bonchev–Trinajstić information content (AvgIpc) is 2.39. The van der Waals surface area contributed by atoms with Crippen LogP contribution < -0.4 is 0 Å². The van der Waals surface area contributed by atoms with Crippen LogP contribution in [0.5, 0.6) is 0 Å². The van der Waals surface area contributed by atoms with E-state index >= 15 is 0 Å². The third-order valence-electron chi connectivity index (χ3n) is 2.82. The molecular weight excluding hydrogens is 239 g/mol. The first-order valence-electron chi connectivity index (χ1n) is 5.24. The van der Waals surface area contributed by atoms with Gasteiger partial charge < -0.3 is 0 Å². The summed E-state index contributed by atoms with van der Waals surface area (Å²) in [7, 11) is 0. The minimum atomic E-state index is -4.33. The van der Waals surface area contributed by atoms with Crippen molar-refractivity contribution >= 4 is 11.6 Å². The summed E-state index contributed by atoms with van der Waals surface area (Å²) < 4.78 is 38.4. The fraction of sp³-hybridized carbons (Fsp3) is 0.545. The van der Waals surface area contributed by atoms with Crippen molar-refractivity contribution in [3.05, 3.63) is 28.0 Å². The summed E-state index contributed by atoms with van der Waals surface area (Å²) in [5.41, 5.74) is 0.260. The molecule has 1 heterocycles. The molecule has 0 saturated heterocycles. The zero-order valence-corrected chi connectivity index (χ0v) is 9.33. The Balaban J connectivity index is 2.55. The van der Waals surface area contributed by atoms with E-state index in [4.69, 9.17) is 11.6 Å². The summed E-state index contributed by atoms with van der Waals surface area (Å²) in [6.07, 6.45) is -0.656. The molecule has 0 aliphatic heterocycles. The summed E-state index contributed by atoms with van der Waals surface area (Å²) in [6, 6.07) is 0.936. The molecule has 0 N–H and O–H groups in total. The Morgan fingerprint density at radius 2 is 1.81 bits per heavy atom. The van der Waals surface area contributed by atoms with Crippen molar-refractivity contribution in [1.82, 2.24) is 4.98 Å². The molecule has 0 saturated carbocycles. The van der Waals surface area contributed by atoms with Crippen molar-refractivity contribution in [2.45, 2.75) is 38.3 Å². The van der Waals surface area contributed by atoms with Gasteiger partial charge in [0.25, 0.3) is 0 Å². The number of hydrogen-bond donors (Lipinski definition) is 0. The molecule has 0 atom stereocenters. The zero-order valence-electron chi connectivity index (χ0n) is 8.57. The second kappa shape index (κ2) is 4.24. The summed E-state index contributed by atoms with van der Waals surface area (Å²) in [5.74, 6) is 0. The maximum Gasteiger partial charge on any atom is 0.416 e. The smallest absolute Gasteiger partial charge is 0.241 e. The lowest BCUT2D eigenvalue weighted by Gasteiger charge is -2.14. The molecule has 0 amide bonds. The van der Waals surface area contributed by atoms with Crippen LogP contribution in [-0.4, -0.2) is 4.98 Å². The Labute approximate surface area is 96.6 Å². The van der Waals surface area contributed by atoms with Crippen LogP contribution in [0.15, 0.2) is 6.07 Å². The molecule has 1 nitrogen and oxygen atoms in total. The van der Waals surface area contributed by atoms with Gasteiger partial charge in [-0.2, -0.15) is 13.2 Å². The fourth-order valence-electron chi connectivity index (χ4n) is 2.10. The highest BCUT2D eigenvalue weighted by Gasteiger charge is 2.35. The Morgan fingerprint density at radius 1 is 1.12 bits per heavy atom. The molecule has 1 aromatic heterocycles. The second-order valence-corrected chi connectivity index (χ2v) is 4.36. The molecule has 0 fully saturated rings. The van der Waals surface area contributed by atoms with Crippen LogP contribution in [0.25, 0.3) is 0 Å². The molecule has 1 aliphatic rings. The summed E-state index contributed by atoms with van der Waals surface area (Å²) >= 11 is 5.63. The van der Waals surface area contributed by atoms with Crippen molar-refractivity contribution in [1.29, 1.82) is 0 Å². The van der Waals surface area contributed by atoms with E-state index in [9.17, 15) is 13.2 Å². The number of aromatic nitrogens is 1. The van der Waals surface area contributed by atoms with Gasteiger partial charge in [-0.1, -0.05) is 18.0 Å². The number of aryl methyl sites for hydroxylation is 1. The van der Waals surface area contributed by atoms with Crippen LogP contribution in [0.4, 0.5) is 13.2 Å². The van der Waals surface area contributed by atoms with Crippen LogP contribution in [0.2, 0.25) is 5.15 Å². The Bertz CT molecular complexity index is 401. The molecule has 16 heavy (non-hydrogen) atoms. The highest BCUT2D eigenvalue weighted by Crippen LogP contribution is 2.36. The summed E-state index contributed by atoms with van der Waals surface area (Å²) in [5, 5.41) is -0.0621. The van der Waals surface area contributed by atoms with E-state index in [1.165, 1.54) is 0 Å².